The molecule has 0 saturated heterocycles. The van der Waals surface area contributed by atoms with Gasteiger partial charge in [0.25, 0.3) is 0 Å². The van der Waals surface area contributed by atoms with Gasteiger partial charge in [-0.15, -0.1) is 0 Å². The number of nitrogens with zero attached hydrogens (tertiary/aromatic N) is 4. The lowest BCUT2D eigenvalue weighted by atomic mass is 10.1. The first-order chi connectivity index (χ1) is 13.4. The van der Waals surface area contributed by atoms with Crippen LogP contribution in [0.5, 0.6) is 0 Å². The van der Waals surface area contributed by atoms with Gasteiger partial charge in [-0.05, 0) is 57.9 Å². The fraction of sp³-hybridized carbons (Fsp3) is 0.450. The summed E-state index contributed by atoms with van der Waals surface area (Å²) in [5.41, 5.74) is 3.34. The van der Waals surface area contributed by atoms with E-state index >= 15 is 0 Å². The van der Waals surface area contributed by atoms with E-state index in [0.717, 1.165) is 29.6 Å². The highest BCUT2D eigenvalue weighted by atomic mass is 16.2. The third-order valence-electron chi connectivity index (χ3n) is 4.97. The summed E-state index contributed by atoms with van der Waals surface area (Å²) in [6, 6.07) is 5.48. The summed E-state index contributed by atoms with van der Waals surface area (Å²) in [4.78, 5) is 25.0. The number of carbonyl (C=O) groups is 1. The molecule has 0 bridgehead atoms. The third-order valence-corrected chi connectivity index (χ3v) is 4.97. The highest BCUT2D eigenvalue weighted by Crippen LogP contribution is 2.23. The molecule has 2 aromatic heterocycles. The topological polar surface area (TPSA) is 85.9 Å². The molecule has 2 amide bonds. The van der Waals surface area contributed by atoms with Crippen molar-refractivity contribution in [2.75, 3.05) is 5.32 Å². The second-order valence-electron chi connectivity index (χ2n) is 6.98. The molecule has 28 heavy (non-hydrogen) atoms. The number of amides is 2. The molecule has 3 rings (SSSR count). The second-order valence-corrected chi connectivity index (χ2v) is 6.98. The Balaban J connectivity index is 1.73. The molecule has 8 heteroatoms. The Labute approximate surface area is 164 Å². The Morgan fingerprint density at radius 3 is 2.46 bits per heavy atom. The lowest BCUT2D eigenvalue weighted by Crippen LogP contribution is -2.36. The van der Waals surface area contributed by atoms with Gasteiger partial charge in [-0.25, -0.2) is 9.59 Å². The number of urea groups is 1. The van der Waals surface area contributed by atoms with Crippen molar-refractivity contribution >= 4 is 22.8 Å². The minimum absolute atomic E-state index is 0.00299. The zero-order chi connectivity index (χ0) is 20.3. The van der Waals surface area contributed by atoms with Crippen LogP contribution in [0.2, 0.25) is 0 Å². The molecule has 8 nitrogen and oxygen atoms in total. The molecular formula is C20H28N6O2. The largest absolute Gasteiger partial charge is 0.335 e. The van der Waals surface area contributed by atoms with Crippen molar-refractivity contribution < 1.29 is 4.79 Å². The van der Waals surface area contributed by atoms with E-state index in [0.29, 0.717) is 18.8 Å². The lowest BCUT2D eigenvalue weighted by Gasteiger charge is -2.16. The van der Waals surface area contributed by atoms with Crippen molar-refractivity contribution in [3.05, 3.63) is 46.6 Å². The number of anilines is 1. The van der Waals surface area contributed by atoms with Gasteiger partial charge in [0.05, 0.1) is 11.0 Å². The van der Waals surface area contributed by atoms with Gasteiger partial charge in [0, 0.05) is 43.8 Å². The van der Waals surface area contributed by atoms with E-state index in [2.05, 4.69) is 15.7 Å². The second kappa shape index (κ2) is 8.33. The number of hydrogen-bond acceptors (Lipinski definition) is 3. The molecule has 0 fully saturated rings. The van der Waals surface area contributed by atoms with E-state index in [4.69, 9.17) is 0 Å². The van der Waals surface area contributed by atoms with E-state index in [9.17, 15) is 9.59 Å². The quantitative estimate of drug-likeness (QED) is 0.657. The number of nitrogens with one attached hydrogen (secondary N) is 2. The molecule has 0 aliphatic heterocycles. The Morgan fingerprint density at radius 1 is 1.18 bits per heavy atom. The van der Waals surface area contributed by atoms with Crippen LogP contribution in [-0.2, 0) is 19.6 Å². The summed E-state index contributed by atoms with van der Waals surface area (Å²) in [6.07, 6.45) is 4.42. The number of hydrogen-bond donors (Lipinski definition) is 2. The monoisotopic (exact) mass is 384 g/mol. The molecule has 0 aliphatic carbocycles. The van der Waals surface area contributed by atoms with E-state index in [1.165, 1.54) is 0 Å². The van der Waals surface area contributed by atoms with Gasteiger partial charge in [-0.2, -0.15) is 5.10 Å². The summed E-state index contributed by atoms with van der Waals surface area (Å²) in [6.45, 7) is 9.75. The number of fused-ring (bicyclic) bond motifs is 1. The minimum atomic E-state index is -0.254. The normalized spacial score (nSPS) is 12.3. The van der Waals surface area contributed by atoms with Crippen LogP contribution in [0.3, 0.4) is 0 Å². The number of rotatable bonds is 7. The standard InChI is InChI=1S/C20H28N6O2/c1-5-25-17-12-14(3)16(13-18(17)26(6-2)20(25)28)23-19(27)22-15(4)8-11-24-10-7-9-21-24/h7,9-10,12-13,15H,5-6,8,11H2,1-4H3,(H2,22,23,27)/t15-/m1/s1. The molecule has 0 saturated carbocycles. The Hall–Kier alpha value is -3.03. The molecule has 1 atom stereocenters. The van der Waals surface area contributed by atoms with Gasteiger partial charge in [-0.1, -0.05) is 0 Å². The van der Waals surface area contributed by atoms with Gasteiger partial charge >= 0.3 is 11.7 Å². The maximum absolute atomic E-state index is 12.5. The van der Waals surface area contributed by atoms with E-state index in [1.54, 1.807) is 15.3 Å². The van der Waals surface area contributed by atoms with Crippen molar-refractivity contribution in [2.24, 2.45) is 0 Å². The van der Waals surface area contributed by atoms with E-state index < -0.39 is 0 Å². The highest BCUT2D eigenvalue weighted by molar-refractivity contribution is 5.93. The van der Waals surface area contributed by atoms with Crippen LogP contribution in [0.1, 0.15) is 32.8 Å². The average molecular weight is 384 g/mol. The number of benzene rings is 1. The molecule has 2 N–H and O–H groups in total. The number of aromatic nitrogens is 4. The summed E-state index contributed by atoms with van der Waals surface area (Å²) < 4.78 is 5.33. The van der Waals surface area contributed by atoms with Crippen molar-refractivity contribution in [2.45, 2.75) is 59.8 Å². The van der Waals surface area contributed by atoms with E-state index in [-0.39, 0.29) is 17.8 Å². The van der Waals surface area contributed by atoms with Gasteiger partial charge in [0.1, 0.15) is 0 Å². The van der Waals surface area contributed by atoms with Crippen molar-refractivity contribution in [3.8, 4) is 0 Å². The summed E-state index contributed by atoms with van der Waals surface area (Å²) >= 11 is 0. The van der Waals surface area contributed by atoms with E-state index in [1.807, 2.05) is 56.8 Å². The first kappa shape index (κ1) is 19.7. The molecule has 0 spiro atoms. The Kier molecular flexibility index (Phi) is 5.87. The molecule has 0 unspecified atom stereocenters. The van der Waals surface area contributed by atoms with Gasteiger partial charge in [-0.3, -0.25) is 13.8 Å². The van der Waals surface area contributed by atoms with Crippen LogP contribution in [0.15, 0.2) is 35.4 Å². The highest BCUT2D eigenvalue weighted by Gasteiger charge is 2.15. The molecule has 2 heterocycles. The predicted molar refractivity (Wildman–Crippen MR) is 111 cm³/mol. The molecule has 1 aromatic carbocycles. The van der Waals surface area contributed by atoms with Crippen LogP contribution in [0, 0.1) is 6.92 Å². The predicted octanol–water partition coefficient (Wildman–Crippen LogP) is 2.95. The number of imidazole rings is 1. The fourth-order valence-corrected chi connectivity index (χ4v) is 3.42. The zero-order valence-electron chi connectivity index (χ0n) is 16.9. The maximum atomic E-state index is 12.5. The molecule has 0 aliphatic rings. The first-order valence-electron chi connectivity index (χ1n) is 9.73. The van der Waals surface area contributed by atoms with Gasteiger partial charge in [0.15, 0.2) is 0 Å². The number of aryl methyl sites for hydroxylation is 4. The summed E-state index contributed by atoms with van der Waals surface area (Å²) in [7, 11) is 0. The van der Waals surface area contributed by atoms with Crippen molar-refractivity contribution in [3.63, 3.8) is 0 Å². The average Bonchev–Trinajstić information content (AvgIpc) is 3.25. The van der Waals surface area contributed by atoms with Crippen LogP contribution in [0.25, 0.3) is 11.0 Å². The zero-order valence-corrected chi connectivity index (χ0v) is 16.9. The fourth-order valence-electron chi connectivity index (χ4n) is 3.42. The molecular weight excluding hydrogens is 356 g/mol. The first-order valence-corrected chi connectivity index (χ1v) is 9.73. The minimum Gasteiger partial charge on any atom is -0.335 e. The van der Waals surface area contributed by atoms with Gasteiger partial charge in [0.2, 0.25) is 0 Å². The molecule has 0 radical (unpaired) electrons. The van der Waals surface area contributed by atoms with Crippen LogP contribution in [0.4, 0.5) is 10.5 Å². The maximum Gasteiger partial charge on any atom is 0.329 e. The summed E-state index contributed by atoms with van der Waals surface area (Å²) in [5, 5.41) is 10.1. The van der Waals surface area contributed by atoms with Crippen LogP contribution >= 0.6 is 0 Å². The SMILES string of the molecule is CCn1c(=O)n(CC)c2cc(NC(=O)N[C@H](C)CCn3cccn3)c(C)cc21. The van der Waals surface area contributed by atoms with Crippen LogP contribution in [-0.4, -0.2) is 31.0 Å². The summed E-state index contributed by atoms with van der Waals surface area (Å²) in [5.74, 6) is 0. The van der Waals surface area contributed by atoms with Gasteiger partial charge < -0.3 is 10.6 Å². The smallest absolute Gasteiger partial charge is 0.329 e. The lowest BCUT2D eigenvalue weighted by molar-refractivity contribution is 0.248. The molecule has 150 valence electrons. The molecule has 3 aromatic rings. The van der Waals surface area contributed by atoms with Crippen LogP contribution < -0.4 is 16.3 Å². The van der Waals surface area contributed by atoms with Crippen molar-refractivity contribution in [1.82, 2.24) is 24.2 Å². The third kappa shape index (κ3) is 3.95. The number of carbonyl (C=O) groups excluding carboxylic acids is 1. The van der Waals surface area contributed by atoms with Crippen molar-refractivity contribution in [1.29, 1.82) is 0 Å². The Bertz CT molecular complexity index is 1020. The Morgan fingerprint density at radius 2 is 1.86 bits per heavy atom.